The molecule has 0 unspecified atom stereocenters. The number of nitrogens with zero attached hydrogens (tertiary/aromatic N) is 3. The van der Waals surface area contributed by atoms with Gasteiger partial charge in [0.05, 0.1) is 24.4 Å². The van der Waals surface area contributed by atoms with Crippen LogP contribution in [-0.4, -0.2) is 57.2 Å². The number of allylic oxidation sites excluding steroid dienone is 3. The van der Waals surface area contributed by atoms with Crippen LogP contribution in [0.3, 0.4) is 0 Å². The van der Waals surface area contributed by atoms with Crippen LogP contribution in [0.5, 0.6) is 0 Å². The van der Waals surface area contributed by atoms with Crippen molar-refractivity contribution in [1.29, 1.82) is 0 Å². The number of amides is 2. The number of carbonyl (C=O) groups excluding carboxylic acids is 2. The summed E-state index contributed by atoms with van der Waals surface area (Å²) in [6, 6.07) is 0.929. The van der Waals surface area contributed by atoms with Gasteiger partial charge in [0.1, 0.15) is 17.6 Å². The highest BCUT2D eigenvalue weighted by atomic mass is 16.5. The second-order valence-corrected chi connectivity index (χ2v) is 7.44. The lowest BCUT2D eigenvalue weighted by atomic mass is 10.1. The summed E-state index contributed by atoms with van der Waals surface area (Å²) in [6.07, 6.45) is 7.71. The van der Waals surface area contributed by atoms with Gasteiger partial charge in [-0.2, -0.15) is 0 Å². The van der Waals surface area contributed by atoms with Gasteiger partial charge in [-0.3, -0.25) is 9.59 Å². The number of aliphatic hydroxyl groups is 1. The lowest BCUT2D eigenvalue weighted by Gasteiger charge is -2.23. The molecule has 9 heteroatoms. The Labute approximate surface area is 180 Å². The third kappa shape index (κ3) is 5.79. The average Bonchev–Trinajstić information content (AvgIpc) is 3.49. The molecule has 0 bridgehead atoms. The van der Waals surface area contributed by atoms with E-state index in [0.717, 1.165) is 11.1 Å². The molecule has 0 radical (unpaired) electrons. The average molecular weight is 426 g/mol. The number of hydrogen-bond acceptors (Lipinski definition) is 7. The highest BCUT2D eigenvalue weighted by molar-refractivity contribution is 5.89. The molecule has 3 rings (SSSR count). The Balaban J connectivity index is 1.60. The molecule has 3 heterocycles. The molecule has 2 aromatic rings. The van der Waals surface area contributed by atoms with E-state index in [9.17, 15) is 14.7 Å². The number of nitrogens with one attached hydrogen (secondary N) is 1. The first-order valence-electron chi connectivity index (χ1n) is 9.93. The monoisotopic (exact) mass is 426 g/mol. The number of oxazole rings is 1. The van der Waals surface area contributed by atoms with E-state index in [0.29, 0.717) is 17.2 Å². The smallest absolute Gasteiger partial charge is 0.243 e. The van der Waals surface area contributed by atoms with Crippen LogP contribution in [-0.2, 0) is 16.0 Å². The number of aliphatic hydroxyl groups excluding tert-OH is 1. The van der Waals surface area contributed by atoms with Crippen molar-refractivity contribution in [2.75, 3.05) is 13.1 Å². The van der Waals surface area contributed by atoms with Crippen LogP contribution in [0, 0.1) is 6.92 Å². The van der Waals surface area contributed by atoms with Crippen molar-refractivity contribution in [3.63, 3.8) is 0 Å². The van der Waals surface area contributed by atoms with E-state index in [-0.39, 0.29) is 37.7 Å². The first kappa shape index (κ1) is 22.2. The molecule has 0 aliphatic carbocycles. The Kier molecular flexibility index (Phi) is 7.19. The molecule has 9 nitrogen and oxygen atoms in total. The van der Waals surface area contributed by atoms with Crippen LogP contribution in [0.2, 0.25) is 0 Å². The Morgan fingerprint density at radius 2 is 2.23 bits per heavy atom. The number of hydrogen-bond donors (Lipinski definition) is 2. The van der Waals surface area contributed by atoms with Crippen LogP contribution >= 0.6 is 0 Å². The van der Waals surface area contributed by atoms with E-state index in [1.807, 2.05) is 19.1 Å². The molecular weight excluding hydrogens is 400 g/mol. The number of β-amino-alcohol motifs (C(OH)–C–C–N with tert-alkyl or cyclic N) is 1. The lowest BCUT2D eigenvalue weighted by Crippen LogP contribution is -2.46. The highest BCUT2D eigenvalue weighted by Gasteiger charge is 2.38. The van der Waals surface area contributed by atoms with E-state index >= 15 is 0 Å². The first-order valence-corrected chi connectivity index (χ1v) is 9.93. The van der Waals surface area contributed by atoms with Gasteiger partial charge >= 0.3 is 0 Å². The van der Waals surface area contributed by atoms with E-state index in [1.165, 1.54) is 11.3 Å². The van der Waals surface area contributed by atoms with Crippen LogP contribution in [0.25, 0.3) is 5.57 Å². The molecule has 2 N–H and O–H groups in total. The second-order valence-electron chi connectivity index (χ2n) is 7.44. The van der Waals surface area contributed by atoms with E-state index in [1.54, 1.807) is 25.3 Å². The Morgan fingerprint density at radius 3 is 2.87 bits per heavy atom. The minimum atomic E-state index is -0.752. The maximum absolute atomic E-state index is 12.8. The standard InChI is InChI=1S/C22H26N4O5/c1-4-16(6-5-14(2)20-11-23-13-30-20)10-24-22(29)19-8-17(27)12-26(19)21(28)9-18-7-15(3)25-31-18/h4-7,11,13,17,19,27H,1,8-10,12H2,2-3H3,(H,24,29)/b14-5+,16-6+/t17-,19+/m1/s1. The van der Waals surface area contributed by atoms with Gasteiger partial charge in [-0.25, -0.2) is 4.98 Å². The molecule has 1 aliphatic heterocycles. The minimum absolute atomic E-state index is 0.0130. The molecule has 164 valence electrons. The summed E-state index contributed by atoms with van der Waals surface area (Å²) in [4.78, 5) is 30.7. The predicted molar refractivity (Wildman–Crippen MR) is 113 cm³/mol. The third-order valence-corrected chi connectivity index (χ3v) is 5.00. The van der Waals surface area contributed by atoms with E-state index < -0.39 is 12.1 Å². The van der Waals surface area contributed by atoms with Gasteiger partial charge in [-0.15, -0.1) is 0 Å². The molecule has 1 aliphatic rings. The molecule has 2 atom stereocenters. The summed E-state index contributed by atoms with van der Waals surface area (Å²) < 4.78 is 10.3. The van der Waals surface area contributed by atoms with Crippen LogP contribution in [0.1, 0.15) is 30.6 Å². The van der Waals surface area contributed by atoms with Crippen LogP contribution in [0.4, 0.5) is 0 Å². The summed E-state index contributed by atoms with van der Waals surface area (Å²) >= 11 is 0. The lowest BCUT2D eigenvalue weighted by molar-refractivity contribution is -0.138. The van der Waals surface area contributed by atoms with E-state index in [2.05, 4.69) is 22.0 Å². The van der Waals surface area contributed by atoms with Crippen molar-refractivity contribution in [3.8, 4) is 0 Å². The largest absolute Gasteiger partial charge is 0.444 e. The van der Waals surface area contributed by atoms with Crippen molar-refractivity contribution < 1.29 is 23.6 Å². The maximum atomic E-state index is 12.8. The zero-order valence-corrected chi connectivity index (χ0v) is 17.6. The number of aryl methyl sites for hydroxylation is 1. The molecule has 2 amide bonds. The molecule has 0 aromatic carbocycles. The van der Waals surface area contributed by atoms with Crippen LogP contribution in [0.15, 0.2) is 58.0 Å². The highest BCUT2D eigenvalue weighted by Crippen LogP contribution is 2.20. The summed E-state index contributed by atoms with van der Waals surface area (Å²) in [5.74, 6) is 0.453. The zero-order chi connectivity index (χ0) is 22.4. The molecule has 2 aromatic heterocycles. The molecular formula is C22H26N4O5. The molecule has 1 saturated heterocycles. The summed E-state index contributed by atoms with van der Waals surface area (Å²) in [6.45, 7) is 7.76. The molecule has 1 fully saturated rings. The number of aromatic nitrogens is 2. The summed E-state index contributed by atoms with van der Waals surface area (Å²) in [5.41, 5.74) is 2.33. The zero-order valence-electron chi connectivity index (χ0n) is 17.6. The van der Waals surface area contributed by atoms with Gasteiger partial charge in [-0.05, 0) is 25.0 Å². The SMILES string of the molecule is C=C/C(=C\C=C(/C)c1cnco1)CNC(=O)[C@@H]1C[C@@H](O)CN1C(=O)Cc1cc(C)no1. The number of rotatable bonds is 8. The molecule has 31 heavy (non-hydrogen) atoms. The van der Waals surface area contributed by atoms with Gasteiger partial charge in [0, 0.05) is 25.6 Å². The predicted octanol–water partition coefficient (Wildman–Crippen LogP) is 1.81. The van der Waals surface area contributed by atoms with Crippen molar-refractivity contribution in [2.24, 2.45) is 0 Å². The van der Waals surface area contributed by atoms with Crippen molar-refractivity contribution in [2.45, 2.75) is 38.8 Å². The fourth-order valence-corrected chi connectivity index (χ4v) is 3.32. The number of carbonyl (C=O) groups is 2. The normalized spacial score (nSPS) is 19.5. The van der Waals surface area contributed by atoms with Gasteiger partial charge in [-0.1, -0.05) is 30.0 Å². The summed E-state index contributed by atoms with van der Waals surface area (Å²) in [7, 11) is 0. The Hall–Kier alpha value is -3.46. The van der Waals surface area contributed by atoms with E-state index in [4.69, 9.17) is 8.94 Å². The van der Waals surface area contributed by atoms with Gasteiger partial charge < -0.3 is 24.3 Å². The molecule has 0 spiro atoms. The Bertz CT molecular complexity index is 989. The fourth-order valence-electron chi connectivity index (χ4n) is 3.32. The van der Waals surface area contributed by atoms with Gasteiger partial charge in [0.2, 0.25) is 11.8 Å². The van der Waals surface area contributed by atoms with Crippen molar-refractivity contribution in [1.82, 2.24) is 20.4 Å². The Morgan fingerprint density at radius 1 is 1.42 bits per heavy atom. The summed E-state index contributed by atoms with van der Waals surface area (Å²) in [5, 5.41) is 16.6. The minimum Gasteiger partial charge on any atom is -0.444 e. The third-order valence-electron chi connectivity index (χ3n) is 5.00. The first-order chi connectivity index (χ1) is 14.9. The van der Waals surface area contributed by atoms with Crippen molar-refractivity contribution in [3.05, 3.63) is 66.3 Å². The molecule has 0 saturated carbocycles. The van der Waals surface area contributed by atoms with Crippen molar-refractivity contribution >= 4 is 17.4 Å². The maximum Gasteiger partial charge on any atom is 0.243 e. The fraction of sp³-hybridized carbons (Fsp3) is 0.364. The number of likely N-dealkylation sites (tertiary alicyclic amines) is 1. The van der Waals surface area contributed by atoms with Gasteiger partial charge in [0.15, 0.2) is 6.39 Å². The second kappa shape index (κ2) is 10.0. The topological polar surface area (TPSA) is 122 Å². The van der Waals surface area contributed by atoms with Gasteiger partial charge in [0.25, 0.3) is 0 Å². The van der Waals surface area contributed by atoms with Crippen LogP contribution < -0.4 is 5.32 Å². The quantitative estimate of drug-likeness (QED) is 0.617.